The molecule has 0 atom stereocenters. The summed E-state index contributed by atoms with van der Waals surface area (Å²) in [4.78, 5) is 8.90. The van der Waals surface area contributed by atoms with Gasteiger partial charge >= 0.3 is 12.1 Å². The first-order valence-electron chi connectivity index (χ1n) is 3.03. The summed E-state index contributed by atoms with van der Waals surface area (Å²) in [7, 11) is 0. The lowest BCUT2D eigenvalue weighted by Crippen LogP contribution is -2.26. The van der Waals surface area contributed by atoms with Gasteiger partial charge in [-0.25, -0.2) is 4.79 Å². The van der Waals surface area contributed by atoms with Crippen molar-refractivity contribution in [3.05, 3.63) is 0 Å². The Morgan fingerprint density at radius 2 is 1.33 bits per heavy atom. The zero-order chi connectivity index (χ0) is 10.6. The zero-order valence-electron chi connectivity index (χ0n) is 7.07. The number of rotatable bonds is 0. The van der Waals surface area contributed by atoms with E-state index in [1.807, 2.05) is 20.8 Å². The first-order valence-corrected chi connectivity index (χ1v) is 3.03. The van der Waals surface area contributed by atoms with Crippen molar-refractivity contribution >= 4 is 5.97 Å². The van der Waals surface area contributed by atoms with Crippen molar-refractivity contribution in [2.45, 2.75) is 32.5 Å². The molecule has 0 aliphatic heterocycles. The van der Waals surface area contributed by atoms with E-state index < -0.39 is 12.1 Å². The minimum atomic E-state index is -5.08. The fourth-order valence-electron chi connectivity index (χ4n) is 0. The van der Waals surface area contributed by atoms with Crippen LogP contribution in [0.25, 0.3) is 0 Å². The molecule has 0 fully saturated rings. The van der Waals surface area contributed by atoms with Crippen molar-refractivity contribution in [3.8, 4) is 0 Å². The highest BCUT2D eigenvalue weighted by atomic mass is 19.4. The standard InChI is InChI=1S/C4H11N.C2HF3O2/c1-4(2,3)5;3-2(4,5)1(6)7/h5H2,1-3H3;(H,6,7). The molecule has 0 heterocycles. The first-order chi connectivity index (χ1) is 4.94. The zero-order valence-corrected chi connectivity index (χ0v) is 7.07. The molecule has 12 heavy (non-hydrogen) atoms. The van der Waals surface area contributed by atoms with E-state index in [9.17, 15) is 13.2 Å². The van der Waals surface area contributed by atoms with Gasteiger partial charge in [-0.05, 0) is 20.8 Å². The third kappa shape index (κ3) is 22.9. The Balaban J connectivity index is 0. The van der Waals surface area contributed by atoms with Crippen LogP contribution in [0.2, 0.25) is 0 Å². The fraction of sp³-hybridized carbons (Fsp3) is 0.833. The normalized spacial score (nSPS) is 11.6. The molecule has 0 rings (SSSR count). The van der Waals surface area contributed by atoms with Gasteiger partial charge in [0.2, 0.25) is 0 Å². The van der Waals surface area contributed by atoms with Crippen molar-refractivity contribution in [2.75, 3.05) is 0 Å². The van der Waals surface area contributed by atoms with Crippen molar-refractivity contribution in [1.82, 2.24) is 0 Å². The highest BCUT2D eigenvalue weighted by Gasteiger charge is 2.38. The van der Waals surface area contributed by atoms with Gasteiger partial charge in [-0.1, -0.05) is 0 Å². The van der Waals surface area contributed by atoms with Crippen LogP contribution in [0.3, 0.4) is 0 Å². The minimum Gasteiger partial charge on any atom is -0.475 e. The van der Waals surface area contributed by atoms with Gasteiger partial charge in [-0.3, -0.25) is 0 Å². The molecule has 3 nitrogen and oxygen atoms in total. The molecule has 0 saturated carbocycles. The van der Waals surface area contributed by atoms with Crippen LogP contribution >= 0.6 is 0 Å². The van der Waals surface area contributed by atoms with Gasteiger partial charge in [0.25, 0.3) is 0 Å². The highest BCUT2D eigenvalue weighted by molar-refractivity contribution is 5.73. The van der Waals surface area contributed by atoms with Gasteiger partial charge in [0.1, 0.15) is 0 Å². The monoisotopic (exact) mass is 187 g/mol. The SMILES string of the molecule is CC(C)(C)N.O=C(O)C(F)(F)F. The molecule has 3 N–H and O–H groups in total. The third-order valence-corrected chi connectivity index (χ3v) is 0.243. The molecule has 0 aromatic heterocycles. The number of carboxylic acids is 1. The molecule has 0 aromatic carbocycles. The molecule has 0 bridgehead atoms. The Hall–Kier alpha value is -0.780. The number of halogens is 3. The van der Waals surface area contributed by atoms with E-state index in [1.54, 1.807) is 0 Å². The first kappa shape index (κ1) is 13.8. The number of carbonyl (C=O) groups is 1. The number of nitrogens with two attached hydrogens (primary N) is 1. The van der Waals surface area contributed by atoms with Crippen LogP contribution in [0.5, 0.6) is 0 Å². The van der Waals surface area contributed by atoms with Gasteiger partial charge in [0, 0.05) is 5.54 Å². The van der Waals surface area contributed by atoms with Crippen molar-refractivity contribution in [1.29, 1.82) is 0 Å². The van der Waals surface area contributed by atoms with Gasteiger partial charge in [0.05, 0.1) is 0 Å². The summed E-state index contributed by atoms with van der Waals surface area (Å²) in [6, 6.07) is 0. The third-order valence-electron chi connectivity index (χ3n) is 0.243. The topological polar surface area (TPSA) is 63.3 Å². The maximum Gasteiger partial charge on any atom is 0.490 e. The van der Waals surface area contributed by atoms with Crippen LogP contribution in [0.4, 0.5) is 13.2 Å². The van der Waals surface area contributed by atoms with Crippen LogP contribution < -0.4 is 5.73 Å². The maximum atomic E-state index is 10.6. The van der Waals surface area contributed by atoms with Gasteiger partial charge in [-0.15, -0.1) is 0 Å². The average Bonchev–Trinajstić information content (AvgIpc) is 1.55. The number of alkyl halides is 3. The molecule has 0 unspecified atom stereocenters. The van der Waals surface area contributed by atoms with Gasteiger partial charge in [0.15, 0.2) is 0 Å². The Morgan fingerprint density at radius 3 is 1.33 bits per heavy atom. The highest BCUT2D eigenvalue weighted by Crippen LogP contribution is 2.13. The fourth-order valence-corrected chi connectivity index (χ4v) is 0. The molecule has 0 aromatic rings. The van der Waals surface area contributed by atoms with Gasteiger partial charge in [-0.2, -0.15) is 13.2 Å². The van der Waals surface area contributed by atoms with E-state index in [0.717, 1.165) is 0 Å². The lowest BCUT2D eigenvalue weighted by Gasteiger charge is -2.06. The van der Waals surface area contributed by atoms with E-state index in [1.165, 1.54) is 0 Å². The van der Waals surface area contributed by atoms with E-state index in [4.69, 9.17) is 15.6 Å². The molecule has 0 saturated heterocycles. The molecule has 74 valence electrons. The second kappa shape index (κ2) is 4.30. The molecule has 6 heteroatoms. The predicted octanol–water partition coefficient (Wildman–Crippen LogP) is 1.38. The summed E-state index contributed by atoms with van der Waals surface area (Å²) in [5.41, 5.74) is 5.35. The summed E-state index contributed by atoms with van der Waals surface area (Å²) in [5.74, 6) is -2.76. The summed E-state index contributed by atoms with van der Waals surface area (Å²) < 4.78 is 31.7. The van der Waals surface area contributed by atoms with Crippen LogP contribution in [0.1, 0.15) is 20.8 Å². The Morgan fingerprint density at radius 1 is 1.25 bits per heavy atom. The predicted molar refractivity (Wildman–Crippen MR) is 37.6 cm³/mol. The van der Waals surface area contributed by atoms with E-state index in [-0.39, 0.29) is 5.54 Å². The number of carboxylic acid groups (broad SMARTS) is 1. The van der Waals surface area contributed by atoms with Crippen LogP contribution in [0.15, 0.2) is 0 Å². The Kier molecular flexibility index (Phi) is 4.94. The van der Waals surface area contributed by atoms with Gasteiger partial charge < -0.3 is 10.8 Å². The minimum absolute atomic E-state index is 0. The van der Waals surface area contributed by atoms with E-state index in [0.29, 0.717) is 0 Å². The molecule has 0 aliphatic rings. The maximum absolute atomic E-state index is 10.6. The van der Waals surface area contributed by atoms with Crippen LogP contribution in [0, 0.1) is 0 Å². The van der Waals surface area contributed by atoms with Crippen molar-refractivity contribution in [2.24, 2.45) is 5.73 Å². The number of hydrogen-bond donors (Lipinski definition) is 2. The summed E-state index contributed by atoms with van der Waals surface area (Å²) in [6.07, 6.45) is -5.08. The van der Waals surface area contributed by atoms with E-state index in [2.05, 4.69) is 0 Å². The summed E-state index contributed by atoms with van der Waals surface area (Å²) in [5, 5.41) is 7.12. The average molecular weight is 187 g/mol. The summed E-state index contributed by atoms with van der Waals surface area (Å²) >= 11 is 0. The molecule has 0 amide bonds. The quantitative estimate of drug-likeness (QED) is 0.602. The molecular formula is C6H12F3NO2. The smallest absolute Gasteiger partial charge is 0.475 e. The lowest BCUT2D eigenvalue weighted by atomic mass is 10.1. The van der Waals surface area contributed by atoms with Crippen molar-refractivity contribution < 1.29 is 23.1 Å². The van der Waals surface area contributed by atoms with Crippen LogP contribution in [-0.2, 0) is 4.79 Å². The number of hydrogen-bond acceptors (Lipinski definition) is 2. The Bertz CT molecular complexity index is 142. The summed E-state index contributed by atoms with van der Waals surface area (Å²) in [6.45, 7) is 5.90. The van der Waals surface area contributed by atoms with Crippen molar-refractivity contribution in [3.63, 3.8) is 0 Å². The van der Waals surface area contributed by atoms with E-state index >= 15 is 0 Å². The Labute approximate surface area is 68.4 Å². The van der Waals surface area contributed by atoms with Crippen LogP contribution in [-0.4, -0.2) is 22.8 Å². The number of aliphatic carboxylic acids is 1. The second-order valence-electron chi connectivity index (χ2n) is 3.17. The molecular weight excluding hydrogens is 175 g/mol. The molecule has 0 spiro atoms. The molecule has 0 radical (unpaired) electrons. The lowest BCUT2D eigenvalue weighted by molar-refractivity contribution is -0.192. The molecule has 0 aliphatic carbocycles. The largest absolute Gasteiger partial charge is 0.490 e. The second-order valence-corrected chi connectivity index (χ2v) is 3.17.